The summed E-state index contributed by atoms with van der Waals surface area (Å²) in [6.07, 6.45) is 0. The molecule has 0 aromatic heterocycles. The van der Waals surface area contributed by atoms with E-state index in [-0.39, 0.29) is 59.6 Å². The minimum Gasteiger partial charge on any atom is -1.00 e. The van der Waals surface area contributed by atoms with E-state index < -0.39 is 0 Å². The number of ether oxygens (including phenoxy) is 1. The Morgan fingerprint density at radius 1 is 0.889 bits per heavy atom. The van der Waals surface area contributed by atoms with Gasteiger partial charge in [0.15, 0.2) is 0 Å². The van der Waals surface area contributed by atoms with Crippen molar-refractivity contribution in [2.24, 2.45) is 0 Å². The molecule has 0 bridgehead atoms. The fourth-order valence-corrected chi connectivity index (χ4v) is 2.09. The maximum Gasteiger partial charge on any atom is 1.00 e. The first-order chi connectivity index (χ1) is 8.38. The van der Waals surface area contributed by atoms with Gasteiger partial charge in [0.05, 0.1) is 0 Å². The van der Waals surface area contributed by atoms with Crippen molar-refractivity contribution in [3.05, 3.63) is 54.6 Å². The molecule has 84 valence electrons. The molecule has 3 aromatic carbocycles. The molecule has 0 aliphatic heterocycles. The third-order valence-electron chi connectivity index (χ3n) is 2.88. The number of fused-ring (bicyclic) bond motifs is 2. The van der Waals surface area contributed by atoms with Crippen molar-refractivity contribution >= 4 is 28.0 Å². The Kier molecular flexibility index (Phi) is 4.68. The summed E-state index contributed by atoms with van der Waals surface area (Å²) in [5, 5.41) is 4.35. The van der Waals surface area contributed by atoms with Crippen LogP contribution >= 0.6 is 0 Å². The van der Waals surface area contributed by atoms with Crippen LogP contribution in [-0.4, -0.2) is 6.47 Å². The first-order valence-electron chi connectivity index (χ1n) is 5.40. The molecule has 0 saturated heterocycles. The molecule has 18 heavy (non-hydrogen) atoms. The molecule has 0 heterocycles. The van der Waals surface area contributed by atoms with E-state index in [0.717, 1.165) is 16.2 Å². The molecule has 3 rings (SSSR count). The second-order valence-electron chi connectivity index (χ2n) is 3.89. The summed E-state index contributed by atoms with van der Waals surface area (Å²) in [6.45, 7) is 0.462. The number of benzene rings is 3. The van der Waals surface area contributed by atoms with Gasteiger partial charge in [-0.3, -0.25) is 4.79 Å². The van der Waals surface area contributed by atoms with Crippen molar-refractivity contribution < 1.29 is 69.1 Å². The Labute approximate surface area is 155 Å². The molecule has 0 amide bonds. The minimum atomic E-state index is 0. The van der Waals surface area contributed by atoms with Crippen LogP contribution in [0.5, 0.6) is 5.75 Å². The molecule has 0 spiro atoms. The maximum atomic E-state index is 10.5. The van der Waals surface area contributed by atoms with Gasteiger partial charge in [-0.1, -0.05) is 36.4 Å². The zero-order chi connectivity index (χ0) is 11.7. The van der Waals surface area contributed by atoms with Gasteiger partial charge in [-0.15, -0.1) is 0 Å². The number of hydrogen-bond donors (Lipinski definition) is 0. The number of carbonyl (C=O) groups is 1. The van der Waals surface area contributed by atoms with E-state index in [1.165, 1.54) is 5.39 Å². The first kappa shape index (κ1) is 13.9. The van der Waals surface area contributed by atoms with Gasteiger partial charge in [0.2, 0.25) is 0 Å². The number of rotatable bonds is 2. The predicted octanol–water partition coefficient (Wildman–Crippen LogP) is 0.645. The summed E-state index contributed by atoms with van der Waals surface area (Å²) in [5.41, 5.74) is 0. The third-order valence-corrected chi connectivity index (χ3v) is 2.88. The summed E-state index contributed by atoms with van der Waals surface area (Å²) in [5.74, 6) is 0.600. The Bertz CT molecular complexity index is 713. The summed E-state index contributed by atoms with van der Waals surface area (Å²) in [7, 11) is 0. The third kappa shape index (κ3) is 2.57. The van der Waals surface area contributed by atoms with Crippen LogP contribution in [0.25, 0.3) is 21.5 Å². The predicted molar refractivity (Wildman–Crippen MR) is 69.3 cm³/mol. The molecule has 0 radical (unpaired) electrons. The smallest absolute Gasteiger partial charge is 1.00 e. The molecule has 0 unspecified atom stereocenters. The van der Waals surface area contributed by atoms with Crippen LogP contribution in [0.3, 0.4) is 0 Å². The molecule has 0 saturated carbocycles. The Balaban J connectivity index is 0.000000902. The average molecular weight is 309 g/mol. The summed E-state index contributed by atoms with van der Waals surface area (Å²) >= 11 is 0. The van der Waals surface area contributed by atoms with E-state index in [9.17, 15) is 4.79 Å². The molecule has 0 fully saturated rings. The second kappa shape index (κ2) is 6.07. The van der Waals surface area contributed by atoms with E-state index in [4.69, 9.17) is 4.74 Å². The van der Waals surface area contributed by atoms with Crippen molar-refractivity contribution in [2.45, 2.75) is 0 Å². The Morgan fingerprint density at radius 3 is 2.28 bits per heavy atom. The van der Waals surface area contributed by atoms with E-state index in [1.54, 1.807) is 6.07 Å². The fourth-order valence-electron chi connectivity index (χ4n) is 2.09. The number of carbonyl (C=O) groups excluding carboxylic acids is 1. The number of hydrogen-bond acceptors (Lipinski definition) is 2. The molecular weight excluding hydrogens is 298 g/mol. The van der Waals surface area contributed by atoms with Crippen LogP contribution in [0.15, 0.2) is 54.6 Å². The van der Waals surface area contributed by atoms with E-state index in [0.29, 0.717) is 12.2 Å². The van der Waals surface area contributed by atoms with Gasteiger partial charge in [0.1, 0.15) is 5.75 Å². The second-order valence-corrected chi connectivity index (χ2v) is 3.89. The molecule has 0 N–H and O–H groups in total. The van der Waals surface area contributed by atoms with Gasteiger partial charge in [-0.2, -0.15) is 0 Å². The van der Waals surface area contributed by atoms with Gasteiger partial charge in [-0.25, -0.2) is 0 Å². The molecular formula is C15H11O2Rb. The van der Waals surface area contributed by atoms with E-state index in [2.05, 4.69) is 12.1 Å². The van der Waals surface area contributed by atoms with Crippen LogP contribution in [0.4, 0.5) is 0 Å². The average Bonchev–Trinajstić information content (AvgIpc) is 2.37. The van der Waals surface area contributed by atoms with Gasteiger partial charge < -0.3 is 6.16 Å². The van der Waals surface area contributed by atoms with Crippen LogP contribution in [0.1, 0.15) is 1.43 Å². The standard InChI is InChI=1S/C15H10O2.Rb.H/c16-10-17-15-7-3-6-13-8-11-4-1-2-5-12(11)9-14(13)15;;/h1-10H;;/q;+1;-1. The van der Waals surface area contributed by atoms with Gasteiger partial charge in [0.25, 0.3) is 6.47 Å². The quantitative estimate of drug-likeness (QED) is 0.513. The molecule has 3 aromatic rings. The van der Waals surface area contributed by atoms with Gasteiger partial charge >= 0.3 is 58.2 Å². The summed E-state index contributed by atoms with van der Waals surface area (Å²) in [6, 6.07) is 18.0. The summed E-state index contributed by atoms with van der Waals surface area (Å²) < 4.78 is 4.99. The van der Waals surface area contributed by atoms with Crippen molar-refractivity contribution in [1.29, 1.82) is 0 Å². The first-order valence-corrected chi connectivity index (χ1v) is 5.40. The van der Waals surface area contributed by atoms with E-state index >= 15 is 0 Å². The normalized spacial score (nSPS) is 10.0. The SMILES string of the molecule is O=COc1cccc2cc3ccccc3cc12.[H-].[Rb+]. The minimum absolute atomic E-state index is 0. The van der Waals surface area contributed by atoms with Crippen molar-refractivity contribution in [3.63, 3.8) is 0 Å². The fraction of sp³-hybridized carbons (Fsp3) is 0. The molecule has 0 atom stereocenters. The molecule has 3 heteroatoms. The Hall–Kier alpha value is -0.545. The molecule has 2 nitrogen and oxygen atoms in total. The van der Waals surface area contributed by atoms with Crippen LogP contribution in [0.2, 0.25) is 0 Å². The monoisotopic (exact) mass is 308 g/mol. The van der Waals surface area contributed by atoms with Crippen molar-refractivity contribution in [2.75, 3.05) is 0 Å². The van der Waals surface area contributed by atoms with Crippen molar-refractivity contribution in [1.82, 2.24) is 0 Å². The molecule has 0 aliphatic carbocycles. The van der Waals surface area contributed by atoms with E-state index in [1.807, 2.05) is 36.4 Å². The zero-order valence-corrected chi connectivity index (χ0v) is 15.0. The van der Waals surface area contributed by atoms with Crippen LogP contribution < -0.4 is 62.9 Å². The van der Waals surface area contributed by atoms with Crippen molar-refractivity contribution in [3.8, 4) is 5.75 Å². The van der Waals surface area contributed by atoms with Crippen LogP contribution in [-0.2, 0) is 4.79 Å². The summed E-state index contributed by atoms with van der Waals surface area (Å²) in [4.78, 5) is 10.5. The molecule has 0 aliphatic rings. The zero-order valence-electron chi connectivity index (χ0n) is 11.1. The largest absolute Gasteiger partial charge is 1.00 e. The van der Waals surface area contributed by atoms with Crippen LogP contribution in [0, 0.1) is 0 Å². The topological polar surface area (TPSA) is 26.3 Å². The van der Waals surface area contributed by atoms with Gasteiger partial charge in [0, 0.05) is 5.39 Å². The maximum absolute atomic E-state index is 10.5. The van der Waals surface area contributed by atoms with Gasteiger partial charge in [-0.05, 0) is 34.4 Å². The Morgan fingerprint density at radius 2 is 1.56 bits per heavy atom.